The van der Waals surface area contributed by atoms with Crippen molar-refractivity contribution in [3.63, 3.8) is 0 Å². The molecule has 3 rings (SSSR count). The van der Waals surface area contributed by atoms with Crippen molar-refractivity contribution in [2.75, 3.05) is 19.8 Å². The molecule has 1 aliphatic rings. The van der Waals surface area contributed by atoms with Crippen LogP contribution in [0.25, 0.3) is 0 Å². The minimum Gasteiger partial charge on any atom is -0.482 e. The molecule has 0 radical (unpaired) electrons. The molecule has 0 saturated carbocycles. The minimum absolute atomic E-state index is 0. The lowest BCUT2D eigenvalue weighted by Gasteiger charge is -2.27. The number of nitrogens with one attached hydrogen (secondary N) is 1. The van der Waals surface area contributed by atoms with Gasteiger partial charge in [0.05, 0.1) is 12.7 Å². The molecule has 2 unspecified atom stereocenters. The average Bonchev–Trinajstić information content (AvgIpc) is 2.70. The largest absolute Gasteiger partial charge is 0.482 e. The number of hydrogen-bond acceptors (Lipinski definition) is 5. The van der Waals surface area contributed by atoms with Gasteiger partial charge in [0, 0.05) is 17.6 Å². The highest BCUT2D eigenvalue weighted by Gasteiger charge is 2.20. The van der Waals surface area contributed by atoms with E-state index in [1.54, 1.807) is 19.1 Å². The van der Waals surface area contributed by atoms with E-state index in [2.05, 4.69) is 11.4 Å². The first-order chi connectivity index (χ1) is 13.5. The Kier molecular flexibility index (Phi) is 9.24. The Morgan fingerprint density at radius 2 is 2.10 bits per heavy atom. The van der Waals surface area contributed by atoms with Gasteiger partial charge in [-0.15, -0.1) is 12.4 Å². The molecule has 158 valence electrons. The standard InChI is InChI=1S/C22H26ClNO4.ClH/c1-2-27-22(26)14-28-20-9-7-15-6-8-19(11-17(15)12-20)24-13-21(25)16-4-3-5-18(23)10-16;/h3-5,7,9-10,12,19,21,24-25H,2,6,8,11,13-14H2,1H3;1H. The second kappa shape index (κ2) is 11.4. The number of fused-ring (bicyclic) bond motifs is 1. The molecule has 0 fully saturated rings. The average molecular weight is 440 g/mol. The number of rotatable bonds is 8. The molecular formula is C22H27Cl2NO4. The lowest BCUT2D eigenvalue weighted by atomic mass is 9.88. The molecule has 29 heavy (non-hydrogen) atoms. The van der Waals surface area contributed by atoms with Gasteiger partial charge in [0.15, 0.2) is 6.61 Å². The number of benzene rings is 2. The van der Waals surface area contributed by atoms with Crippen LogP contribution in [-0.4, -0.2) is 36.9 Å². The van der Waals surface area contributed by atoms with Gasteiger partial charge in [-0.05, 0) is 67.1 Å². The minimum atomic E-state index is -0.598. The van der Waals surface area contributed by atoms with Crippen LogP contribution in [0.3, 0.4) is 0 Å². The Hall–Kier alpha value is -1.79. The van der Waals surface area contributed by atoms with Crippen molar-refractivity contribution in [3.05, 3.63) is 64.2 Å². The van der Waals surface area contributed by atoms with Gasteiger partial charge in [0.25, 0.3) is 0 Å². The number of aryl methyl sites for hydroxylation is 1. The van der Waals surface area contributed by atoms with Crippen molar-refractivity contribution in [3.8, 4) is 5.75 Å². The molecule has 0 aromatic heterocycles. The number of carbonyl (C=O) groups excluding carboxylic acids is 1. The first kappa shape index (κ1) is 23.5. The molecule has 2 N–H and O–H groups in total. The molecule has 2 aromatic carbocycles. The smallest absolute Gasteiger partial charge is 0.344 e. The predicted octanol–water partition coefficient (Wildman–Crippen LogP) is 3.88. The summed E-state index contributed by atoms with van der Waals surface area (Å²) in [6.07, 6.45) is 2.24. The fourth-order valence-electron chi connectivity index (χ4n) is 3.45. The number of esters is 1. The van der Waals surface area contributed by atoms with Crippen molar-refractivity contribution < 1.29 is 19.4 Å². The highest BCUT2D eigenvalue weighted by Crippen LogP contribution is 2.26. The van der Waals surface area contributed by atoms with Crippen LogP contribution < -0.4 is 10.1 Å². The van der Waals surface area contributed by atoms with E-state index >= 15 is 0 Å². The van der Waals surface area contributed by atoms with Crippen LogP contribution in [-0.2, 0) is 22.4 Å². The first-order valence-electron chi connectivity index (χ1n) is 9.62. The summed E-state index contributed by atoms with van der Waals surface area (Å²) in [6, 6.07) is 13.5. The van der Waals surface area contributed by atoms with Crippen LogP contribution >= 0.6 is 24.0 Å². The number of ether oxygens (including phenoxy) is 2. The molecule has 1 aliphatic carbocycles. The summed E-state index contributed by atoms with van der Waals surface area (Å²) in [4.78, 5) is 11.5. The molecule has 5 nitrogen and oxygen atoms in total. The number of halogens is 2. The van der Waals surface area contributed by atoms with Gasteiger partial charge in [0.2, 0.25) is 0 Å². The maximum Gasteiger partial charge on any atom is 0.344 e. The number of aliphatic hydroxyl groups excluding tert-OH is 1. The summed E-state index contributed by atoms with van der Waals surface area (Å²) in [5.41, 5.74) is 3.32. The van der Waals surface area contributed by atoms with Crippen molar-refractivity contribution in [1.82, 2.24) is 5.32 Å². The Morgan fingerprint density at radius 1 is 1.28 bits per heavy atom. The van der Waals surface area contributed by atoms with Gasteiger partial charge in [-0.1, -0.05) is 29.8 Å². The second-order valence-corrected chi connectivity index (χ2v) is 7.38. The van der Waals surface area contributed by atoms with E-state index in [-0.39, 0.29) is 31.0 Å². The number of carbonyl (C=O) groups is 1. The number of aliphatic hydroxyl groups is 1. The third kappa shape index (κ3) is 6.89. The summed E-state index contributed by atoms with van der Waals surface area (Å²) >= 11 is 6.00. The van der Waals surface area contributed by atoms with Gasteiger partial charge in [-0.25, -0.2) is 4.79 Å². The van der Waals surface area contributed by atoms with Gasteiger partial charge in [0.1, 0.15) is 5.75 Å². The molecule has 2 atom stereocenters. The lowest BCUT2D eigenvalue weighted by molar-refractivity contribution is -0.145. The van der Waals surface area contributed by atoms with E-state index in [0.717, 1.165) is 24.8 Å². The van der Waals surface area contributed by atoms with Crippen LogP contribution in [0.15, 0.2) is 42.5 Å². The Bertz CT molecular complexity index is 815. The second-order valence-electron chi connectivity index (χ2n) is 6.94. The molecule has 0 heterocycles. The van der Waals surface area contributed by atoms with Gasteiger partial charge in [-0.3, -0.25) is 0 Å². The third-order valence-electron chi connectivity index (χ3n) is 4.90. The van der Waals surface area contributed by atoms with Crippen molar-refractivity contribution in [2.24, 2.45) is 0 Å². The normalized spacial score (nSPS) is 16.3. The summed E-state index contributed by atoms with van der Waals surface area (Å²) in [5.74, 6) is 0.307. The quantitative estimate of drug-likeness (QED) is 0.610. The van der Waals surface area contributed by atoms with Crippen molar-refractivity contribution in [2.45, 2.75) is 38.3 Å². The summed E-state index contributed by atoms with van der Waals surface area (Å²) in [7, 11) is 0. The number of hydrogen-bond donors (Lipinski definition) is 2. The lowest BCUT2D eigenvalue weighted by Crippen LogP contribution is -2.37. The molecule has 0 aliphatic heterocycles. The zero-order valence-corrected chi connectivity index (χ0v) is 18.0. The fraction of sp³-hybridized carbons (Fsp3) is 0.409. The molecule has 0 spiro atoms. The molecule has 2 aromatic rings. The highest BCUT2D eigenvalue weighted by molar-refractivity contribution is 6.30. The van der Waals surface area contributed by atoms with Crippen LogP contribution in [0.5, 0.6) is 5.75 Å². The van der Waals surface area contributed by atoms with E-state index in [4.69, 9.17) is 21.1 Å². The monoisotopic (exact) mass is 439 g/mol. The maximum absolute atomic E-state index is 11.5. The maximum atomic E-state index is 11.5. The Morgan fingerprint density at radius 3 is 2.86 bits per heavy atom. The Balaban J connectivity index is 0.00000300. The SMILES string of the molecule is CCOC(=O)COc1ccc2c(c1)CC(NCC(O)c1cccc(Cl)c1)CC2.Cl. The van der Waals surface area contributed by atoms with E-state index in [1.807, 2.05) is 24.3 Å². The summed E-state index contributed by atoms with van der Waals surface area (Å²) in [6.45, 7) is 2.51. The molecule has 0 bridgehead atoms. The van der Waals surface area contributed by atoms with Crippen LogP contribution in [0.2, 0.25) is 5.02 Å². The van der Waals surface area contributed by atoms with E-state index in [9.17, 15) is 9.90 Å². The van der Waals surface area contributed by atoms with E-state index in [0.29, 0.717) is 23.9 Å². The fourth-order valence-corrected chi connectivity index (χ4v) is 3.65. The van der Waals surface area contributed by atoms with E-state index in [1.165, 1.54) is 11.1 Å². The molecule has 7 heteroatoms. The van der Waals surface area contributed by atoms with Gasteiger partial charge >= 0.3 is 5.97 Å². The third-order valence-corrected chi connectivity index (χ3v) is 5.14. The first-order valence-corrected chi connectivity index (χ1v) is 10.00. The zero-order valence-electron chi connectivity index (χ0n) is 16.4. The van der Waals surface area contributed by atoms with Crippen LogP contribution in [0, 0.1) is 0 Å². The van der Waals surface area contributed by atoms with E-state index < -0.39 is 6.10 Å². The van der Waals surface area contributed by atoms with Gasteiger partial charge in [-0.2, -0.15) is 0 Å². The van der Waals surface area contributed by atoms with Gasteiger partial charge < -0.3 is 19.9 Å². The zero-order chi connectivity index (χ0) is 19.9. The summed E-state index contributed by atoms with van der Waals surface area (Å²) in [5, 5.41) is 14.5. The molecular weight excluding hydrogens is 413 g/mol. The predicted molar refractivity (Wildman–Crippen MR) is 116 cm³/mol. The molecule has 0 saturated heterocycles. The van der Waals surface area contributed by atoms with Crippen LogP contribution in [0.1, 0.15) is 36.1 Å². The summed E-state index contributed by atoms with van der Waals surface area (Å²) < 4.78 is 10.4. The van der Waals surface area contributed by atoms with Crippen molar-refractivity contribution in [1.29, 1.82) is 0 Å². The van der Waals surface area contributed by atoms with Crippen LogP contribution in [0.4, 0.5) is 0 Å². The Labute approximate surface area is 182 Å². The molecule has 0 amide bonds. The van der Waals surface area contributed by atoms with Crippen molar-refractivity contribution >= 4 is 30.0 Å². The topological polar surface area (TPSA) is 67.8 Å². The highest BCUT2D eigenvalue weighted by atomic mass is 35.5.